The molecule has 208 valence electrons. The Morgan fingerprint density at radius 2 is 1.65 bits per heavy atom. The number of fused-ring (bicyclic) bond motifs is 2. The Balaban J connectivity index is 1.40. The monoisotopic (exact) mass is 538 g/mol. The third kappa shape index (κ3) is 4.67. The zero-order valence-corrected chi connectivity index (χ0v) is 23.7. The van der Waals surface area contributed by atoms with Crippen molar-refractivity contribution in [2.24, 2.45) is 0 Å². The summed E-state index contributed by atoms with van der Waals surface area (Å²) in [5.74, 6) is -0.0102. The number of likely N-dealkylation sites (N-methyl/N-ethyl adjacent to an activating group) is 1. The Morgan fingerprint density at radius 1 is 0.875 bits per heavy atom. The van der Waals surface area contributed by atoms with E-state index in [2.05, 4.69) is 22.6 Å². The first-order valence-corrected chi connectivity index (χ1v) is 14.4. The molecule has 0 spiro atoms. The fourth-order valence-corrected chi connectivity index (χ4v) is 6.50. The maximum atomic E-state index is 14.5. The minimum atomic E-state index is -0.468. The summed E-state index contributed by atoms with van der Waals surface area (Å²) < 4.78 is 2.09. The number of hydrogen-bond acceptors (Lipinski definition) is 4. The number of benzene rings is 2. The molecule has 1 atom stereocenters. The fourth-order valence-electron chi connectivity index (χ4n) is 6.50. The van der Waals surface area contributed by atoms with E-state index >= 15 is 0 Å². The van der Waals surface area contributed by atoms with Gasteiger partial charge in [0.25, 0.3) is 11.8 Å². The molecule has 7 nitrogen and oxygen atoms in total. The highest BCUT2D eigenvalue weighted by Crippen LogP contribution is 2.38. The molecule has 3 aliphatic rings. The minimum Gasteiger partial charge on any atom is -0.389 e. The molecule has 0 radical (unpaired) electrons. The predicted molar refractivity (Wildman–Crippen MR) is 158 cm³/mol. The Bertz CT molecular complexity index is 1500. The molecule has 1 aromatic heterocycles. The molecule has 2 aromatic carbocycles. The smallest absolute Gasteiger partial charge is 0.270 e. The zero-order chi connectivity index (χ0) is 28.0. The maximum absolute atomic E-state index is 14.5. The second-order valence-corrected chi connectivity index (χ2v) is 11.5. The van der Waals surface area contributed by atoms with E-state index in [9.17, 15) is 14.7 Å². The molecule has 1 N–H and O–H groups in total. The third-order valence-electron chi connectivity index (χ3n) is 8.94. The van der Waals surface area contributed by atoms with E-state index in [4.69, 9.17) is 0 Å². The third-order valence-corrected chi connectivity index (χ3v) is 8.94. The zero-order valence-electron chi connectivity index (χ0n) is 23.7. The van der Waals surface area contributed by atoms with Gasteiger partial charge in [0.05, 0.1) is 19.2 Å². The van der Waals surface area contributed by atoms with Gasteiger partial charge >= 0.3 is 0 Å². The summed E-state index contributed by atoms with van der Waals surface area (Å²) in [6.07, 6.45) is 2.05. The summed E-state index contributed by atoms with van der Waals surface area (Å²) in [5.41, 5.74) is 8.21. The van der Waals surface area contributed by atoms with Crippen LogP contribution in [0, 0.1) is 6.92 Å². The van der Waals surface area contributed by atoms with Gasteiger partial charge in [-0.25, -0.2) is 0 Å². The van der Waals surface area contributed by atoms with Crippen LogP contribution in [0.1, 0.15) is 69.4 Å². The average molecular weight is 539 g/mol. The fraction of sp³-hybridized carbons (Fsp3) is 0.394. The number of rotatable bonds is 3. The van der Waals surface area contributed by atoms with Crippen LogP contribution in [0.5, 0.6) is 0 Å². The number of para-hydroxylation sites is 1. The van der Waals surface area contributed by atoms with Crippen LogP contribution >= 0.6 is 0 Å². The topological polar surface area (TPSA) is 69.0 Å². The van der Waals surface area contributed by atoms with Gasteiger partial charge in [0, 0.05) is 43.1 Å². The van der Waals surface area contributed by atoms with Gasteiger partial charge in [0.1, 0.15) is 5.69 Å². The van der Waals surface area contributed by atoms with Gasteiger partial charge in [-0.15, -0.1) is 0 Å². The SMILES string of the molecule is CC1=C(c2c(C)cccc2C(=O)N2Cc3ccc(C(=O)N4CCN(C)CC4)n3Cc3ccccc32)CCC[C@H]1O. The second kappa shape index (κ2) is 10.7. The molecule has 3 aromatic rings. The molecular formula is C33H38N4O3. The van der Waals surface area contributed by atoms with Crippen molar-refractivity contribution in [3.63, 3.8) is 0 Å². The maximum Gasteiger partial charge on any atom is 0.270 e. The van der Waals surface area contributed by atoms with E-state index in [1.54, 1.807) is 0 Å². The molecule has 0 bridgehead atoms. The number of aromatic nitrogens is 1. The Morgan fingerprint density at radius 3 is 2.45 bits per heavy atom. The van der Waals surface area contributed by atoms with Crippen LogP contribution in [-0.4, -0.2) is 70.6 Å². The van der Waals surface area contributed by atoms with Crippen molar-refractivity contribution in [1.29, 1.82) is 0 Å². The lowest BCUT2D eigenvalue weighted by molar-refractivity contribution is 0.0653. The van der Waals surface area contributed by atoms with Gasteiger partial charge < -0.3 is 24.4 Å². The lowest BCUT2D eigenvalue weighted by atomic mass is 9.82. The van der Waals surface area contributed by atoms with Crippen molar-refractivity contribution >= 4 is 23.1 Å². The Labute approximate surface area is 236 Å². The van der Waals surface area contributed by atoms with Crippen molar-refractivity contribution in [1.82, 2.24) is 14.4 Å². The normalized spacial score (nSPS) is 19.8. The summed E-state index contributed by atoms with van der Waals surface area (Å²) >= 11 is 0. The van der Waals surface area contributed by atoms with Crippen LogP contribution in [0.25, 0.3) is 5.57 Å². The molecule has 40 heavy (non-hydrogen) atoms. The highest BCUT2D eigenvalue weighted by atomic mass is 16.3. The van der Waals surface area contributed by atoms with Gasteiger partial charge in [0.15, 0.2) is 0 Å². The number of piperazine rings is 1. The molecule has 3 heterocycles. The lowest BCUT2D eigenvalue weighted by Crippen LogP contribution is -2.47. The average Bonchev–Trinajstić information content (AvgIpc) is 3.27. The minimum absolute atomic E-state index is 0.0517. The van der Waals surface area contributed by atoms with E-state index in [0.717, 1.165) is 84.7 Å². The van der Waals surface area contributed by atoms with Crippen molar-refractivity contribution in [3.8, 4) is 0 Å². The van der Waals surface area contributed by atoms with Crippen LogP contribution in [0.2, 0.25) is 0 Å². The quantitative estimate of drug-likeness (QED) is 0.525. The van der Waals surface area contributed by atoms with Gasteiger partial charge in [-0.3, -0.25) is 9.59 Å². The van der Waals surface area contributed by atoms with E-state index < -0.39 is 6.10 Å². The van der Waals surface area contributed by atoms with E-state index in [0.29, 0.717) is 24.3 Å². The largest absolute Gasteiger partial charge is 0.389 e. The van der Waals surface area contributed by atoms with Crippen LogP contribution in [-0.2, 0) is 13.1 Å². The van der Waals surface area contributed by atoms with Gasteiger partial charge in [-0.2, -0.15) is 0 Å². The highest BCUT2D eigenvalue weighted by molar-refractivity contribution is 6.10. The molecule has 1 saturated heterocycles. The summed E-state index contributed by atoms with van der Waals surface area (Å²) in [6.45, 7) is 8.13. The number of aliphatic hydroxyl groups excluding tert-OH is 1. The van der Waals surface area contributed by atoms with Gasteiger partial charge in [-0.1, -0.05) is 30.3 Å². The molecule has 0 saturated carbocycles. The van der Waals surface area contributed by atoms with Crippen LogP contribution in [0.15, 0.2) is 60.2 Å². The Kier molecular flexibility index (Phi) is 7.11. The molecule has 2 aliphatic heterocycles. The Hall–Kier alpha value is -3.68. The predicted octanol–water partition coefficient (Wildman–Crippen LogP) is 4.71. The number of amides is 2. The summed E-state index contributed by atoms with van der Waals surface area (Å²) in [6, 6.07) is 17.8. The van der Waals surface area contributed by atoms with Crippen molar-refractivity contribution in [2.75, 3.05) is 38.1 Å². The van der Waals surface area contributed by atoms with Crippen molar-refractivity contribution < 1.29 is 14.7 Å². The molecule has 7 heteroatoms. The first kappa shape index (κ1) is 26.5. The van der Waals surface area contributed by atoms with E-state index in [1.165, 1.54) is 0 Å². The molecule has 0 unspecified atom stereocenters. The molecule has 1 fully saturated rings. The number of carbonyl (C=O) groups excluding carboxylic acids is 2. The number of aryl methyl sites for hydroxylation is 1. The number of aliphatic hydroxyl groups is 1. The molecular weight excluding hydrogens is 500 g/mol. The van der Waals surface area contributed by atoms with E-state index in [1.807, 2.05) is 72.2 Å². The number of carbonyl (C=O) groups is 2. The van der Waals surface area contributed by atoms with E-state index in [-0.39, 0.29) is 11.8 Å². The summed E-state index contributed by atoms with van der Waals surface area (Å²) in [4.78, 5) is 34.1. The number of hydrogen-bond donors (Lipinski definition) is 1. The van der Waals surface area contributed by atoms with Crippen molar-refractivity contribution in [2.45, 2.75) is 52.3 Å². The van der Waals surface area contributed by atoms with Crippen LogP contribution < -0.4 is 4.90 Å². The van der Waals surface area contributed by atoms with Crippen LogP contribution in [0.3, 0.4) is 0 Å². The number of allylic oxidation sites excluding steroid dienone is 1. The first-order chi connectivity index (χ1) is 19.3. The standard InChI is InChI=1S/C33H38N4O3/c1-22-8-6-11-27(31(22)26-10-7-13-30(38)23(26)2)32(39)37-21-25-14-15-29(33(40)35-18-16-34(3)17-19-35)36(25)20-24-9-4-5-12-28(24)37/h4-6,8-9,11-12,14-15,30,38H,7,10,13,16-21H2,1-3H3/t30-/m1/s1. The number of nitrogens with zero attached hydrogens (tertiary/aromatic N) is 4. The van der Waals surface area contributed by atoms with Gasteiger partial charge in [0.2, 0.25) is 0 Å². The van der Waals surface area contributed by atoms with Crippen LogP contribution in [0.4, 0.5) is 5.69 Å². The molecule has 6 rings (SSSR count). The van der Waals surface area contributed by atoms with Crippen molar-refractivity contribution in [3.05, 3.63) is 93.8 Å². The summed E-state index contributed by atoms with van der Waals surface area (Å²) in [7, 11) is 2.08. The van der Waals surface area contributed by atoms with Gasteiger partial charge in [-0.05, 0) is 92.3 Å². The first-order valence-electron chi connectivity index (χ1n) is 14.4. The molecule has 1 aliphatic carbocycles. The lowest BCUT2D eigenvalue weighted by Gasteiger charge is -2.32. The summed E-state index contributed by atoms with van der Waals surface area (Å²) in [5, 5.41) is 10.6. The highest BCUT2D eigenvalue weighted by Gasteiger charge is 2.31. The molecule has 2 amide bonds. The second-order valence-electron chi connectivity index (χ2n) is 11.5. The number of anilines is 1.